The van der Waals surface area contributed by atoms with E-state index in [1.165, 1.54) is 0 Å². The lowest BCUT2D eigenvalue weighted by molar-refractivity contribution is -0.142. The van der Waals surface area contributed by atoms with E-state index in [4.69, 9.17) is 5.11 Å². The van der Waals surface area contributed by atoms with E-state index in [0.29, 0.717) is 12.8 Å². The van der Waals surface area contributed by atoms with Crippen LogP contribution < -0.4 is 10.6 Å². The van der Waals surface area contributed by atoms with Gasteiger partial charge >= 0.3 is 5.97 Å². The fourth-order valence-corrected chi connectivity index (χ4v) is 1.88. The average molecular weight is 226 g/mol. The smallest absolute Gasteiger partial charge is 0.326 e. The van der Waals surface area contributed by atoms with Gasteiger partial charge in [0.05, 0.1) is 0 Å². The Bertz CT molecular complexity index is 338. The van der Waals surface area contributed by atoms with Gasteiger partial charge in [0.1, 0.15) is 12.1 Å². The van der Waals surface area contributed by atoms with Crippen molar-refractivity contribution in [2.24, 2.45) is 5.92 Å². The standard InChI is InChI=1S/C10H14N2O4/c13-7-4-3-6(11-7)9(14)12-8(10(15)16)5-1-2-5/h5-6,8H,1-4H2,(H,11,13)(H,12,14)(H,15,16)/t6-,8?/m0/s1. The Morgan fingerprint density at radius 1 is 1.38 bits per heavy atom. The van der Waals surface area contributed by atoms with Crippen molar-refractivity contribution in [2.45, 2.75) is 37.8 Å². The zero-order valence-corrected chi connectivity index (χ0v) is 8.73. The van der Waals surface area contributed by atoms with E-state index in [2.05, 4.69) is 10.6 Å². The number of carboxylic acids is 1. The Morgan fingerprint density at radius 3 is 2.50 bits per heavy atom. The molecular formula is C10H14N2O4. The molecule has 0 spiro atoms. The Labute approximate surface area is 92.4 Å². The highest BCUT2D eigenvalue weighted by atomic mass is 16.4. The van der Waals surface area contributed by atoms with Crippen LogP contribution in [-0.2, 0) is 14.4 Å². The molecule has 1 saturated carbocycles. The zero-order valence-electron chi connectivity index (χ0n) is 8.73. The minimum Gasteiger partial charge on any atom is -0.480 e. The number of carbonyl (C=O) groups excluding carboxylic acids is 2. The lowest BCUT2D eigenvalue weighted by atomic mass is 10.1. The van der Waals surface area contributed by atoms with Gasteiger partial charge in [-0.3, -0.25) is 9.59 Å². The molecule has 1 unspecified atom stereocenters. The van der Waals surface area contributed by atoms with Gasteiger partial charge in [-0.2, -0.15) is 0 Å². The maximum Gasteiger partial charge on any atom is 0.326 e. The van der Waals surface area contributed by atoms with Gasteiger partial charge in [0.15, 0.2) is 0 Å². The van der Waals surface area contributed by atoms with E-state index in [1.54, 1.807) is 0 Å². The molecule has 0 aromatic rings. The third-order valence-corrected chi connectivity index (χ3v) is 2.97. The van der Waals surface area contributed by atoms with Crippen LogP contribution >= 0.6 is 0 Å². The van der Waals surface area contributed by atoms with Gasteiger partial charge in [0, 0.05) is 6.42 Å². The topological polar surface area (TPSA) is 95.5 Å². The van der Waals surface area contributed by atoms with Crippen molar-refractivity contribution in [2.75, 3.05) is 0 Å². The number of hydrogen-bond acceptors (Lipinski definition) is 3. The molecular weight excluding hydrogens is 212 g/mol. The van der Waals surface area contributed by atoms with Gasteiger partial charge < -0.3 is 15.7 Å². The minimum absolute atomic E-state index is 0.0542. The summed E-state index contributed by atoms with van der Waals surface area (Å²) in [5.74, 6) is -1.48. The molecule has 6 heteroatoms. The molecule has 1 aliphatic carbocycles. The van der Waals surface area contributed by atoms with Crippen molar-refractivity contribution in [3.8, 4) is 0 Å². The van der Waals surface area contributed by atoms with E-state index in [0.717, 1.165) is 12.8 Å². The summed E-state index contributed by atoms with van der Waals surface area (Å²) >= 11 is 0. The maximum atomic E-state index is 11.6. The monoisotopic (exact) mass is 226 g/mol. The van der Waals surface area contributed by atoms with Crippen LogP contribution in [0, 0.1) is 5.92 Å². The predicted octanol–water partition coefficient (Wildman–Crippen LogP) is -0.756. The van der Waals surface area contributed by atoms with Crippen LogP contribution in [0.2, 0.25) is 0 Å². The number of hydrogen-bond donors (Lipinski definition) is 3. The molecule has 6 nitrogen and oxygen atoms in total. The van der Waals surface area contributed by atoms with Crippen LogP contribution in [0.15, 0.2) is 0 Å². The molecule has 2 aliphatic rings. The average Bonchev–Trinajstić information content (AvgIpc) is 2.96. The summed E-state index contributed by atoms with van der Waals surface area (Å²) in [7, 11) is 0. The van der Waals surface area contributed by atoms with Crippen molar-refractivity contribution >= 4 is 17.8 Å². The van der Waals surface area contributed by atoms with Gasteiger partial charge in [-0.1, -0.05) is 0 Å². The Morgan fingerprint density at radius 2 is 2.06 bits per heavy atom. The number of carboxylic acid groups (broad SMARTS) is 1. The highest BCUT2D eigenvalue weighted by Crippen LogP contribution is 2.32. The second-order valence-corrected chi connectivity index (χ2v) is 4.32. The fourth-order valence-electron chi connectivity index (χ4n) is 1.88. The highest BCUT2D eigenvalue weighted by molar-refractivity contribution is 5.92. The summed E-state index contributed by atoms with van der Waals surface area (Å²) in [6.45, 7) is 0. The first kappa shape index (κ1) is 10.9. The molecule has 0 bridgehead atoms. The van der Waals surface area contributed by atoms with Crippen LogP contribution in [0.25, 0.3) is 0 Å². The van der Waals surface area contributed by atoms with Gasteiger partial charge in [-0.25, -0.2) is 4.79 Å². The quantitative estimate of drug-likeness (QED) is 0.587. The third kappa shape index (κ3) is 2.32. The first-order valence-electron chi connectivity index (χ1n) is 5.40. The molecule has 2 amide bonds. The van der Waals surface area contributed by atoms with Gasteiger partial charge in [0.25, 0.3) is 0 Å². The first-order valence-corrected chi connectivity index (χ1v) is 5.40. The molecule has 0 aromatic heterocycles. The summed E-state index contributed by atoms with van der Waals surface area (Å²) in [4.78, 5) is 33.5. The number of aliphatic carboxylic acids is 1. The van der Waals surface area contributed by atoms with E-state index in [1.807, 2.05) is 0 Å². The van der Waals surface area contributed by atoms with Crippen molar-refractivity contribution in [3.05, 3.63) is 0 Å². The van der Waals surface area contributed by atoms with Crippen LogP contribution in [-0.4, -0.2) is 35.0 Å². The van der Waals surface area contributed by atoms with Crippen molar-refractivity contribution < 1.29 is 19.5 Å². The van der Waals surface area contributed by atoms with Gasteiger partial charge in [-0.15, -0.1) is 0 Å². The number of carbonyl (C=O) groups is 3. The van der Waals surface area contributed by atoms with E-state index < -0.39 is 18.1 Å². The highest BCUT2D eigenvalue weighted by Gasteiger charge is 2.39. The number of rotatable bonds is 4. The second-order valence-electron chi connectivity index (χ2n) is 4.32. The fraction of sp³-hybridized carbons (Fsp3) is 0.700. The van der Waals surface area contributed by atoms with Crippen molar-refractivity contribution in [1.29, 1.82) is 0 Å². The number of amides is 2. The van der Waals surface area contributed by atoms with Crippen LogP contribution in [0.5, 0.6) is 0 Å². The summed E-state index contributed by atoms with van der Waals surface area (Å²) in [5, 5.41) is 13.9. The summed E-state index contributed by atoms with van der Waals surface area (Å²) in [6, 6.07) is -1.36. The van der Waals surface area contributed by atoms with E-state index >= 15 is 0 Å². The normalized spacial score (nSPS) is 26.0. The molecule has 1 heterocycles. The molecule has 2 rings (SSSR count). The SMILES string of the molecule is O=C1CC[C@@H](C(=O)NC(C(=O)O)C2CC2)N1. The van der Waals surface area contributed by atoms with Crippen LogP contribution in [0.3, 0.4) is 0 Å². The Hall–Kier alpha value is -1.59. The predicted molar refractivity (Wildman–Crippen MR) is 53.5 cm³/mol. The van der Waals surface area contributed by atoms with E-state index in [9.17, 15) is 14.4 Å². The summed E-state index contributed by atoms with van der Waals surface area (Å²) in [5.41, 5.74) is 0. The van der Waals surface area contributed by atoms with Crippen molar-refractivity contribution in [1.82, 2.24) is 10.6 Å². The molecule has 88 valence electrons. The molecule has 2 atom stereocenters. The Balaban J connectivity index is 1.90. The first-order chi connectivity index (χ1) is 7.58. The van der Waals surface area contributed by atoms with Crippen LogP contribution in [0.4, 0.5) is 0 Å². The minimum atomic E-state index is -1.000. The van der Waals surface area contributed by atoms with Gasteiger partial charge in [0.2, 0.25) is 11.8 Å². The maximum absolute atomic E-state index is 11.6. The molecule has 1 saturated heterocycles. The van der Waals surface area contributed by atoms with Crippen molar-refractivity contribution in [3.63, 3.8) is 0 Å². The third-order valence-electron chi connectivity index (χ3n) is 2.97. The molecule has 16 heavy (non-hydrogen) atoms. The lowest BCUT2D eigenvalue weighted by Gasteiger charge is -2.16. The largest absolute Gasteiger partial charge is 0.480 e. The molecule has 1 aliphatic heterocycles. The van der Waals surface area contributed by atoms with Crippen LogP contribution in [0.1, 0.15) is 25.7 Å². The molecule has 3 N–H and O–H groups in total. The number of nitrogens with one attached hydrogen (secondary N) is 2. The lowest BCUT2D eigenvalue weighted by Crippen LogP contribution is -2.49. The summed E-state index contributed by atoms with van der Waals surface area (Å²) < 4.78 is 0. The summed E-state index contributed by atoms with van der Waals surface area (Å²) in [6.07, 6.45) is 2.46. The molecule has 0 radical (unpaired) electrons. The molecule has 2 fully saturated rings. The Kier molecular flexibility index (Phi) is 2.80. The second kappa shape index (κ2) is 4.11. The van der Waals surface area contributed by atoms with E-state index in [-0.39, 0.29) is 17.7 Å². The molecule has 0 aromatic carbocycles. The van der Waals surface area contributed by atoms with Gasteiger partial charge in [-0.05, 0) is 25.2 Å². The zero-order chi connectivity index (χ0) is 11.7.